The molecule has 1 aliphatic rings. The van der Waals surface area contributed by atoms with Crippen molar-refractivity contribution in [3.63, 3.8) is 0 Å². The molecule has 1 saturated heterocycles. The third kappa shape index (κ3) is 5.14. The summed E-state index contributed by atoms with van der Waals surface area (Å²) in [5.74, 6) is 2.91. The van der Waals surface area contributed by atoms with Crippen molar-refractivity contribution in [2.24, 2.45) is 5.92 Å². The lowest BCUT2D eigenvalue weighted by Gasteiger charge is -2.19. The standard InChI is InChI=1S/C8H11ClO3S/c9-13(10,11)6-2-4-8-3-1-5-12-7-8/h8H,1,3-5,7H2. The van der Waals surface area contributed by atoms with Gasteiger partial charge >= 0.3 is 9.05 Å². The van der Waals surface area contributed by atoms with Crippen LogP contribution in [-0.4, -0.2) is 21.6 Å². The minimum atomic E-state index is -3.65. The molecule has 0 aliphatic carbocycles. The lowest BCUT2D eigenvalue weighted by molar-refractivity contribution is 0.0567. The molecule has 5 heteroatoms. The predicted molar refractivity (Wildman–Crippen MR) is 50.7 cm³/mol. The van der Waals surface area contributed by atoms with Gasteiger partial charge in [0.05, 0.1) is 6.61 Å². The molecule has 0 radical (unpaired) electrons. The van der Waals surface area contributed by atoms with Crippen LogP contribution in [0.2, 0.25) is 0 Å². The zero-order valence-electron chi connectivity index (χ0n) is 7.12. The largest absolute Gasteiger partial charge is 0.381 e. The first kappa shape index (κ1) is 10.8. The Labute approximate surface area is 82.8 Å². The molecule has 0 bridgehead atoms. The average Bonchev–Trinajstić information content (AvgIpc) is 2.04. The van der Waals surface area contributed by atoms with Crippen LogP contribution in [0.25, 0.3) is 0 Å². The van der Waals surface area contributed by atoms with Crippen molar-refractivity contribution in [2.45, 2.75) is 19.3 Å². The van der Waals surface area contributed by atoms with Gasteiger partial charge in [0.2, 0.25) is 0 Å². The van der Waals surface area contributed by atoms with Gasteiger partial charge in [-0.25, -0.2) is 0 Å². The summed E-state index contributed by atoms with van der Waals surface area (Å²) < 4.78 is 26.1. The summed E-state index contributed by atoms with van der Waals surface area (Å²) in [5.41, 5.74) is 0. The quantitative estimate of drug-likeness (QED) is 0.497. The molecule has 1 aliphatic heterocycles. The van der Waals surface area contributed by atoms with Gasteiger partial charge in [-0.3, -0.25) is 0 Å². The summed E-state index contributed by atoms with van der Waals surface area (Å²) in [6, 6.07) is 0. The van der Waals surface area contributed by atoms with Crippen molar-refractivity contribution in [2.75, 3.05) is 13.2 Å². The van der Waals surface area contributed by atoms with Crippen molar-refractivity contribution in [3.8, 4) is 11.2 Å². The fourth-order valence-corrected chi connectivity index (χ4v) is 1.66. The highest BCUT2D eigenvalue weighted by Crippen LogP contribution is 2.16. The molecule has 13 heavy (non-hydrogen) atoms. The maximum Gasteiger partial charge on any atom is 0.300 e. The van der Waals surface area contributed by atoms with E-state index >= 15 is 0 Å². The van der Waals surface area contributed by atoms with Gasteiger partial charge in [0, 0.05) is 29.0 Å². The van der Waals surface area contributed by atoms with Gasteiger partial charge in [0.1, 0.15) is 0 Å². The van der Waals surface area contributed by atoms with E-state index in [1.165, 1.54) is 0 Å². The van der Waals surface area contributed by atoms with E-state index in [-0.39, 0.29) is 0 Å². The molecule has 0 N–H and O–H groups in total. The zero-order chi connectivity index (χ0) is 9.73. The van der Waals surface area contributed by atoms with Gasteiger partial charge in [-0.15, -0.1) is 0 Å². The van der Waals surface area contributed by atoms with Crippen molar-refractivity contribution in [3.05, 3.63) is 0 Å². The number of halogens is 1. The Morgan fingerprint density at radius 3 is 2.85 bits per heavy atom. The third-order valence-electron chi connectivity index (χ3n) is 1.84. The Morgan fingerprint density at radius 2 is 2.31 bits per heavy atom. The van der Waals surface area contributed by atoms with Gasteiger partial charge in [-0.2, -0.15) is 8.42 Å². The summed E-state index contributed by atoms with van der Waals surface area (Å²) in [7, 11) is 1.26. The van der Waals surface area contributed by atoms with Crippen LogP contribution in [0.5, 0.6) is 0 Å². The summed E-state index contributed by atoms with van der Waals surface area (Å²) in [5, 5.41) is 2.00. The van der Waals surface area contributed by atoms with Crippen LogP contribution in [0.3, 0.4) is 0 Å². The Hall–Kier alpha value is -0.240. The molecule has 1 fully saturated rings. The van der Waals surface area contributed by atoms with Crippen LogP contribution in [0.4, 0.5) is 0 Å². The van der Waals surface area contributed by atoms with Gasteiger partial charge in [-0.1, -0.05) is 5.92 Å². The zero-order valence-corrected chi connectivity index (χ0v) is 8.70. The highest BCUT2D eigenvalue weighted by Gasteiger charge is 2.12. The third-order valence-corrected chi connectivity index (χ3v) is 2.46. The van der Waals surface area contributed by atoms with Crippen LogP contribution in [-0.2, 0) is 13.8 Å². The Kier molecular flexibility index (Phi) is 4.04. The van der Waals surface area contributed by atoms with Crippen molar-refractivity contribution in [1.82, 2.24) is 0 Å². The molecule has 0 aromatic heterocycles. The normalized spacial score (nSPS) is 23.3. The van der Waals surface area contributed by atoms with E-state index in [4.69, 9.17) is 15.4 Å². The second kappa shape index (κ2) is 4.85. The van der Waals surface area contributed by atoms with E-state index in [1.807, 2.05) is 5.25 Å². The first-order valence-corrected chi connectivity index (χ1v) is 6.41. The molecule has 74 valence electrons. The van der Waals surface area contributed by atoms with Gasteiger partial charge in [-0.05, 0) is 18.8 Å². The monoisotopic (exact) mass is 222 g/mol. The first-order chi connectivity index (χ1) is 6.08. The molecule has 1 heterocycles. The van der Waals surface area contributed by atoms with Crippen LogP contribution in [0.1, 0.15) is 19.3 Å². The number of hydrogen-bond donors (Lipinski definition) is 0. The van der Waals surface area contributed by atoms with Gasteiger partial charge in [0.15, 0.2) is 0 Å². The number of hydrogen-bond acceptors (Lipinski definition) is 3. The molecule has 3 nitrogen and oxygen atoms in total. The fourth-order valence-electron chi connectivity index (χ4n) is 1.24. The van der Waals surface area contributed by atoms with E-state index in [1.54, 1.807) is 0 Å². The van der Waals surface area contributed by atoms with Crippen LogP contribution < -0.4 is 0 Å². The second-order valence-electron chi connectivity index (χ2n) is 3.00. The average molecular weight is 223 g/mol. The Morgan fingerprint density at radius 1 is 1.54 bits per heavy atom. The Balaban J connectivity index is 2.35. The SMILES string of the molecule is O=S(=O)(Cl)C#CCC1CCCOC1. The fraction of sp³-hybridized carbons (Fsp3) is 0.750. The van der Waals surface area contributed by atoms with Gasteiger partial charge < -0.3 is 4.74 Å². The van der Waals surface area contributed by atoms with E-state index in [0.717, 1.165) is 19.4 Å². The second-order valence-corrected chi connectivity index (χ2v) is 5.30. The minimum absolute atomic E-state index is 0.361. The van der Waals surface area contributed by atoms with Crippen molar-refractivity contribution in [1.29, 1.82) is 0 Å². The summed E-state index contributed by atoms with van der Waals surface area (Å²) >= 11 is 0. The maximum absolute atomic E-state index is 10.4. The van der Waals surface area contributed by atoms with E-state index < -0.39 is 9.05 Å². The molecule has 0 aromatic rings. The lowest BCUT2D eigenvalue weighted by atomic mass is 9.99. The number of rotatable bonds is 1. The topological polar surface area (TPSA) is 43.4 Å². The molecular weight excluding hydrogens is 212 g/mol. The molecule has 0 saturated carbocycles. The van der Waals surface area contributed by atoms with E-state index in [0.29, 0.717) is 18.9 Å². The maximum atomic E-state index is 10.4. The molecule has 1 rings (SSSR count). The van der Waals surface area contributed by atoms with Crippen molar-refractivity contribution >= 4 is 19.7 Å². The van der Waals surface area contributed by atoms with Crippen molar-refractivity contribution < 1.29 is 13.2 Å². The smallest absolute Gasteiger partial charge is 0.300 e. The number of ether oxygens (including phenoxy) is 1. The van der Waals surface area contributed by atoms with Crippen LogP contribution in [0.15, 0.2) is 0 Å². The summed E-state index contributed by atoms with van der Waals surface area (Å²) in [4.78, 5) is 0. The molecular formula is C8H11ClO3S. The minimum Gasteiger partial charge on any atom is -0.381 e. The molecule has 1 unspecified atom stereocenters. The van der Waals surface area contributed by atoms with Gasteiger partial charge in [0.25, 0.3) is 0 Å². The molecule has 1 atom stereocenters. The lowest BCUT2D eigenvalue weighted by Crippen LogP contribution is -2.16. The summed E-state index contributed by atoms with van der Waals surface area (Å²) in [6.45, 7) is 1.48. The molecule has 0 aromatic carbocycles. The predicted octanol–water partition coefficient (Wildman–Crippen LogP) is 1.33. The highest BCUT2D eigenvalue weighted by atomic mass is 35.7. The summed E-state index contributed by atoms with van der Waals surface area (Å²) in [6.07, 6.45) is 2.63. The molecule has 0 spiro atoms. The van der Waals surface area contributed by atoms with Crippen LogP contribution >= 0.6 is 10.7 Å². The van der Waals surface area contributed by atoms with E-state index in [9.17, 15) is 8.42 Å². The first-order valence-electron chi connectivity index (χ1n) is 4.10. The highest BCUT2D eigenvalue weighted by molar-refractivity contribution is 8.17. The van der Waals surface area contributed by atoms with Crippen LogP contribution in [0, 0.1) is 17.1 Å². The van der Waals surface area contributed by atoms with E-state index in [2.05, 4.69) is 5.92 Å². The Bertz CT molecular complexity index is 306. The molecule has 0 amide bonds.